The first-order chi connectivity index (χ1) is 10.5. The second-order valence-electron chi connectivity index (χ2n) is 4.79. The Balaban J connectivity index is 2.24. The van der Waals surface area contributed by atoms with E-state index in [1.807, 2.05) is 0 Å². The molecule has 128 valence electrons. The minimum Gasteiger partial charge on any atom is -0.790 e. The summed E-state index contributed by atoms with van der Waals surface area (Å²) >= 11 is 12.1. The average molecular weight is 386 g/mol. The Hall–Kier alpha value is -0.770. The van der Waals surface area contributed by atoms with Crippen LogP contribution < -0.4 is 20.1 Å². The van der Waals surface area contributed by atoms with Crippen LogP contribution in [-0.2, 0) is 13.8 Å². The van der Waals surface area contributed by atoms with Crippen LogP contribution in [0.3, 0.4) is 0 Å². The molecule has 1 aliphatic heterocycles. The quantitative estimate of drug-likeness (QED) is 0.350. The number of aliphatic hydroxyl groups excluding tert-OH is 1. The molecule has 0 spiro atoms. The van der Waals surface area contributed by atoms with E-state index in [1.54, 1.807) is 0 Å². The van der Waals surface area contributed by atoms with Gasteiger partial charge in [-0.05, 0) is 6.07 Å². The highest BCUT2D eigenvalue weighted by Gasteiger charge is 2.60. The van der Waals surface area contributed by atoms with Crippen molar-refractivity contribution in [3.05, 3.63) is 30.1 Å². The van der Waals surface area contributed by atoms with Gasteiger partial charge in [-0.1, -0.05) is 23.2 Å². The van der Waals surface area contributed by atoms with Crippen LogP contribution in [0.15, 0.2) is 24.5 Å². The summed E-state index contributed by atoms with van der Waals surface area (Å²) < 4.78 is 19.4. The van der Waals surface area contributed by atoms with Crippen molar-refractivity contribution in [3.8, 4) is 0 Å². The molecular formula is C11H12Cl2N2O7P-. The summed E-state index contributed by atoms with van der Waals surface area (Å²) in [6, 6.07) is 2.92. The molecule has 1 saturated heterocycles. The number of carbonyl (C=O) groups is 1. The molecular weight excluding hydrogens is 374 g/mol. The molecule has 0 unspecified atom stereocenters. The van der Waals surface area contributed by atoms with Crippen molar-refractivity contribution in [1.82, 2.24) is 0 Å². The van der Waals surface area contributed by atoms with Gasteiger partial charge in [-0.3, -0.25) is 4.79 Å². The molecule has 1 aliphatic rings. The lowest BCUT2D eigenvalue weighted by Gasteiger charge is -2.30. The van der Waals surface area contributed by atoms with Gasteiger partial charge in [0.25, 0.3) is 12.1 Å². The normalized spacial score (nSPS) is 27.1. The van der Waals surface area contributed by atoms with Gasteiger partial charge in [-0.2, -0.15) is 4.57 Å². The number of halogens is 2. The number of carbonyl (C=O) groups excluding carboxylic acids is 1. The summed E-state index contributed by atoms with van der Waals surface area (Å²) in [5.74, 6) is -0.703. The predicted octanol–water partition coefficient (Wildman–Crippen LogP) is -1.65. The minimum absolute atomic E-state index is 0.137. The number of nitrogens with zero attached hydrogens (tertiary/aromatic N) is 1. The molecule has 1 aromatic rings. The summed E-state index contributed by atoms with van der Waals surface area (Å²) in [5, 5.41) is 10.1. The van der Waals surface area contributed by atoms with Gasteiger partial charge in [0, 0.05) is 6.07 Å². The van der Waals surface area contributed by atoms with Crippen LogP contribution in [0.25, 0.3) is 0 Å². The molecule has 2 heterocycles. The van der Waals surface area contributed by atoms with Crippen molar-refractivity contribution in [2.24, 2.45) is 5.73 Å². The van der Waals surface area contributed by atoms with E-state index in [9.17, 15) is 24.3 Å². The van der Waals surface area contributed by atoms with E-state index < -0.39 is 43.1 Å². The van der Waals surface area contributed by atoms with Gasteiger partial charge in [0.1, 0.15) is 17.8 Å². The van der Waals surface area contributed by atoms with Gasteiger partial charge in [0.15, 0.2) is 12.4 Å². The molecule has 2 rings (SSSR count). The second kappa shape index (κ2) is 6.62. The number of primary amides is 1. The Bertz CT molecular complexity index is 653. The highest BCUT2D eigenvalue weighted by molar-refractivity contribution is 7.43. The fourth-order valence-corrected chi connectivity index (χ4v) is 3.01. The number of amides is 1. The average Bonchev–Trinajstić information content (AvgIpc) is 2.67. The van der Waals surface area contributed by atoms with Gasteiger partial charge in [-0.25, -0.2) is 0 Å². The highest BCUT2D eigenvalue weighted by atomic mass is 35.5. The number of phosphoric acid groups is 1. The van der Waals surface area contributed by atoms with E-state index in [4.69, 9.17) is 33.7 Å². The van der Waals surface area contributed by atoms with Gasteiger partial charge in [0.05, 0.1) is 14.4 Å². The lowest BCUT2D eigenvalue weighted by atomic mass is 10.1. The van der Waals surface area contributed by atoms with E-state index in [0.717, 1.165) is 0 Å². The Kier molecular flexibility index (Phi) is 5.34. The molecule has 23 heavy (non-hydrogen) atoms. The fourth-order valence-electron chi connectivity index (χ4n) is 2.07. The number of nitrogens with two attached hydrogens (primary N) is 1. The SMILES string of the molecule is NC(=O)c1ccc[n+]([C@@H]2O[C@H](COP(=O)([O-])[O-])[C@H](O)C2(Cl)Cl)c1. The monoisotopic (exact) mass is 385 g/mol. The third-order valence-electron chi connectivity index (χ3n) is 3.15. The lowest BCUT2D eigenvalue weighted by Crippen LogP contribution is -2.49. The molecule has 0 radical (unpaired) electrons. The Morgan fingerprint density at radius 3 is 2.78 bits per heavy atom. The van der Waals surface area contributed by atoms with Crippen LogP contribution >= 0.6 is 31.0 Å². The van der Waals surface area contributed by atoms with Gasteiger partial charge in [0.2, 0.25) is 4.33 Å². The number of pyridine rings is 1. The fraction of sp³-hybridized carbons (Fsp3) is 0.455. The number of alkyl halides is 2. The van der Waals surface area contributed by atoms with Gasteiger partial charge in [-0.15, -0.1) is 0 Å². The summed E-state index contributed by atoms with van der Waals surface area (Å²) in [6.07, 6.45) is -1.23. The first-order valence-electron chi connectivity index (χ1n) is 6.21. The molecule has 1 aromatic heterocycles. The smallest absolute Gasteiger partial charge is 0.299 e. The zero-order valence-corrected chi connectivity index (χ0v) is 13.8. The van der Waals surface area contributed by atoms with Crippen LogP contribution in [0.2, 0.25) is 0 Å². The number of hydrogen-bond donors (Lipinski definition) is 2. The summed E-state index contributed by atoms with van der Waals surface area (Å²) in [4.78, 5) is 32.2. The van der Waals surface area contributed by atoms with E-state index in [2.05, 4.69) is 4.52 Å². The van der Waals surface area contributed by atoms with Crippen molar-refractivity contribution in [3.63, 3.8) is 0 Å². The van der Waals surface area contributed by atoms with Crippen molar-refractivity contribution < 1.29 is 38.1 Å². The number of aliphatic hydroxyl groups is 1. The number of rotatable bonds is 5. The van der Waals surface area contributed by atoms with Crippen LogP contribution in [0.4, 0.5) is 0 Å². The summed E-state index contributed by atoms with van der Waals surface area (Å²) in [7, 11) is -5.24. The van der Waals surface area contributed by atoms with Crippen molar-refractivity contribution in [2.45, 2.75) is 22.8 Å². The predicted molar refractivity (Wildman–Crippen MR) is 73.1 cm³/mol. The van der Waals surface area contributed by atoms with Gasteiger partial charge < -0.3 is 34.5 Å². The van der Waals surface area contributed by atoms with Gasteiger partial charge >= 0.3 is 0 Å². The first-order valence-corrected chi connectivity index (χ1v) is 8.42. The van der Waals surface area contributed by atoms with Crippen LogP contribution in [-0.4, -0.2) is 34.2 Å². The molecule has 12 heteroatoms. The standard InChI is InChI=1S/C11H13Cl2N2O7P/c12-11(13)8(16)7(5-21-23(18,19)20)22-10(11)15-3-1-2-6(4-15)9(14)17/h1-4,7-8,10,16H,5H2,(H3-,14,17,18,19,20)/p-1/t7-,8+,10-/m1/s1. The van der Waals surface area contributed by atoms with Crippen LogP contribution in [0.1, 0.15) is 16.6 Å². The molecule has 0 bridgehead atoms. The topological polar surface area (TPSA) is 149 Å². The molecule has 3 N–H and O–H groups in total. The van der Waals surface area contributed by atoms with E-state index in [0.29, 0.717) is 0 Å². The summed E-state index contributed by atoms with van der Waals surface area (Å²) in [6.45, 7) is -0.751. The number of hydrogen-bond acceptors (Lipinski definition) is 7. The molecule has 3 atom stereocenters. The van der Waals surface area contributed by atoms with E-state index in [-0.39, 0.29) is 5.56 Å². The maximum Gasteiger partial charge on any atom is 0.299 e. The number of aromatic nitrogens is 1. The van der Waals surface area contributed by atoms with Crippen molar-refractivity contribution >= 4 is 36.9 Å². The zero-order chi connectivity index (χ0) is 17.4. The summed E-state index contributed by atoms with van der Waals surface area (Å²) in [5.41, 5.74) is 5.31. The minimum atomic E-state index is -5.24. The first kappa shape index (κ1) is 18.6. The maximum atomic E-state index is 11.2. The zero-order valence-electron chi connectivity index (χ0n) is 11.4. The van der Waals surface area contributed by atoms with Crippen molar-refractivity contribution in [1.29, 1.82) is 0 Å². The molecule has 1 fully saturated rings. The third kappa shape index (κ3) is 4.20. The lowest BCUT2D eigenvalue weighted by molar-refractivity contribution is -0.760. The number of ether oxygens (including phenoxy) is 1. The second-order valence-corrected chi connectivity index (χ2v) is 7.39. The maximum absolute atomic E-state index is 11.2. The Labute approximate surface area is 140 Å². The number of phosphoric ester groups is 1. The van der Waals surface area contributed by atoms with E-state index >= 15 is 0 Å². The molecule has 0 saturated carbocycles. The molecule has 0 aliphatic carbocycles. The van der Waals surface area contributed by atoms with Crippen LogP contribution in [0, 0.1) is 0 Å². The molecule has 1 amide bonds. The van der Waals surface area contributed by atoms with Crippen LogP contribution in [0.5, 0.6) is 0 Å². The van der Waals surface area contributed by atoms with Crippen molar-refractivity contribution in [2.75, 3.05) is 6.61 Å². The largest absolute Gasteiger partial charge is 0.790 e. The Morgan fingerprint density at radius 2 is 2.22 bits per heavy atom. The molecule has 0 aromatic carbocycles. The Morgan fingerprint density at radius 1 is 1.57 bits per heavy atom. The third-order valence-corrected chi connectivity index (χ3v) is 4.44. The highest BCUT2D eigenvalue weighted by Crippen LogP contribution is 2.44. The molecule has 9 nitrogen and oxygen atoms in total. The van der Waals surface area contributed by atoms with E-state index in [1.165, 1.54) is 29.1 Å².